The molecule has 1 N–H and O–H groups in total. The van der Waals surface area contributed by atoms with E-state index in [0.29, 0.717) is 12.2 Å². The lowest BCUT2D eigenvalue weighted by molar-refractivity contribution is -0.121. The van der Waals surface area contributed by atoms with Crippen LogP contribution in [0.5, 0.6) is 0 Å². The second-order valence-corrected chi connectivity index (χ2v) is 7.16. The van der Waals surface area contributed by atoms with Crippen molar-refractivity contribution in [3.05, 3.63) is 63.9 Å². The van der Waals surface area contributed by atoms with Crippen molar-refractivity contribution < 1.29 is 9.18 Å². The minimum atomic E-state index is -0.494. The van der Waals surface area contributed by atoms with Crippen LogP contribution in [0.2, 0.25) is 10.0 Å². The van der Waals surface area contributed by atoms with E-state index in [1.54, 1.807) is 0 Å². The fraction of sp³-hybridized carbons (Fsp3) is 0.316. The standard InChI is InChI=1S/C19H19Cl2FN2O/c20-15-5-3-13(4-6-15)11-24-9-1-2-14(12-24)19(25)23-16-7-8-18(22)17(21)10-16/h3-8,10,14H,1-2,9,11-12H2,(H,23,25). The molecule has 0 bridgehead atoms. The second kappa shape index (κ2) is 8.17. The number of anilines is 1. The van der Waals surface area contributed by atoms with Gasteiger partial charge in [-0.2, -0.15) is 0 Å². The predicted octanol–water partition coefficient (Wildman–Crippen LogP) is 4.98. The molecule has 6 heteroatoms. The lowest BCUT2D eigenvalue weighted by Gasteiger charge is -2.32. The summed E-state index contributed by atoms with van der Waals surface area (Å²) in [6, 6.07) is 12.0. The van der Waals surface area contributed by atoms with Crippen LogP contribution < -0.4 is 5.32 Å². The van der Waals surface area contributed by atoms with E-state index in [1.807, 2.05) is 24.3 Å². The summed E-state index contributed by atoms with van der Waals surface area (Å²) in [6.07, 6.45) is 1.81. The average molecular weight is 381 g/mol. The Kier molecular flexibility index (Phi) is 5.94. The van der Waals surface area contributed by atoms with Gasteiger partial charge in [0.1, 0.15) is 5.82 Å². The van der Waals surface area contributed by atoms with Gasteiger partial charge in [0.2, 0.25) is 5.91 Å². The first-order valence-corrected chi connectivity index (χ1v) is 8.99. The zero-order chi connectivity index (χ0) is 17.8. The number of amides is 1. The Morgan fingerprint density at radius 1 is 1.20 bits per heavy atom. The van der Waals surface area contributed by atoms with Crippen LogP contribution in [0.4, 0.5) is 10.1 Å². The first-order valence-electron chi connectivity index (χ1n) is 8.24. The first-order chi connectivity index (χ1) is 12.0. The Morgan fingerprint density at radius 3 is 2.68 bits per heavy atom. The highest BCUT2D eigenvalue weighted by atomic mass is 35.5. The summed E-state index contributed by atoms with van der Waals surface area (Å²) in [7, 11) is 0. The van der Waals surface area contributed by atoms with Gasteiger partial charge >= 0.3 is 0 Å². The van der Waals surface area contributed by atoms with Gasteiger partial charge in [0.05, 0.1) is 10.9 Å². The molecule has 1 heterocycles. The molecular formula is C19H19Cl2FN2O. The van der Waals surface area contributed by atoms with Gasteiger partial charge in [0.25, 0.3) is 0 Å². The molecule has 132 valence electrons. The predicted molar refractivity (Wildman–Crippen MR) is 99.5 cm³/mol. The summed E-state index contributed by atoms with van der Waals surface area (Å²) >= 11 is 11.7. The molecule has 3 nitrogen and oxygen atoms in total. The number of nitrogens with one attached hydrogen (secondary N) is 1. The monoisotopic (exact) mass is 380 g/mol. The van der Waals surface area contributed by atoms with Crippen LogP contribution in [0.1, 0.15) is 18.4 Å². The van der Waals surface area contributed by atoms with Gasteiger partial charge in [0, 0.05) is 23.8 Å². The van der Waals surface area contributed by atoms with Gasteiger partial charge in [0.15, 0.2) is 0 Å². The van der Waals surface area contributed by atoms with E-state index < -0.39 is 5.82 Å². The van der Waals surface area contributed by atoms with Crippen LogP contribution in [0.15, 0.2) is 42.5 Å². The molecule has 0 aromatic heterocycles. The molecule has 0 saturated carbocycles. The van der Waals surface area contributed by atoms with Crippen LogP contribution >= 0.6 is 23.2 Å². The van der Waals surface area contributed by atoms with Crippen LogP contribution in [0, 0.1) is 11.7 Å². The zero-order valence-corrected chi connectivity index (χ0v) is 15.2. The maximum atomic E-state index is 13.2. The average Bonchev–Trinajstić information content (AvgIpc) is 2.60. The molecule has 3 rings (SSSR count). The van der Waals surface area contributed by atoms with Gasteiger partial charge in [-0.3, -0.25) is 9.69 Å². The SMILES string of the molecule is O=C(Nc1ccc(F)c(Cl)c1)C1CCCN(Cc2ccc(Cl)cc2)C1. The number of nitrogens with zero attached hydrogens (tertiary/aromatic N) is 1. The molecule has 25 heavy (non-hydrogen) atoms. The minimum absolute atomic E-state index is 0.00538. The fourth-order valence-corrected chi connectivity index (χ4v) is 3.39. The van der Waals surface area contributed by atoms with E-state index in [1.165, 1.54) is 23.8 Å². The first kappa shape index (κ1) is 18.2. The highest BCUT2D eigenvalue weighted by molar-refractivity contribution is 6.31. The van der Waals surface area contributed by atoms with Crippen molar-refractivity contribution in [2.75, 3.05) is 18.4 Å². The normalized spacial score (nSPS) is 18.1. The lowest BCUT2D eigenvalue weighted by Crippen LogP contribution is -2.40. The van der Waals surface area contributed by atoms with Crippen molar-refractivity contribution in [1.82, 2.24) is 4.90 Å². The molecule has 0 spiro atoms. The maximum absolute atomic E-state index is 13.2. The third-order valence-electron chi connectivity index (χ3n) is 4.38. The number of benzene rings is 2. The van der Waals surface area contributed by atoms with Gasteiger partial charge in [-0.05, 0) is 55.3 Å². The molecule has 1 saturated heterocycles. The second-order valence-electron chi connectivity index (χ2n) is 6.32. The van der Waals surface area contributed by atoms with Crippen LogP contribution in [0.25, 0.3) is 0 Å². The molecule has 1 aliphatic heterocycles. The Morgan fingerprint density at radius 2 is 1.96 bits per heavy atom. The van der Waals surface area contributed by atoms with E-state index in [2.05, 4.69) is 10.2 Å². The highest BCUT2D eigenvalue weighted by Gasteiger charge is 2.26. The van der Waals surface area contributed by atoms with Crippen LogP contribution in [-0.2, 0) is 11.3 Å². The van der Waals surface area contributed by atoms with Crippen LogP contribution in [-0.4, -0.2) is 23.9 Å². The van der Waals surface area contributed by atoms with E-state index in [9.17, 15) is 9.18 Å². The molecule has 0 aliphatic carbocycles. The maximum Gasteiger partial charge on any atom is 0.228 e. The van der Waals surface area contributed by atoms with E-state index in [4.69, 9.17) is 23.2 Å². The molecule has 2 aromatic rings. The molecule has 1 amide bonds. The molecule has 1 aliphatic rings. The fourth-order valence-electron chi connectivity index (χ4n) is 3.08. The third kappa shape index (κ3) is 4.94. The van der Waals surface area contributed by atoms with Crippen molar-refractivity contribution in [1.29, 1.82) is 0 Å². The number of hydrogen-bond donors (Lipinski definition) is 1. The number of hydrogen-bond acceptors (Lipinski definition) is 2. The number of rotatable bonds is 4. The number of halogens is 3. The van der Waals surface area contributed by atoms with Crippen molar-refractivity contribution in [2.24, 2.45) is 5.92 Å². The van der Waals surface area contributed by atoms with Crippen LogP contribution in [0.3, 0.4) is 0 Å². The summed E-state index contributed by atoms with van der Waals surface area (Å²) in [5, 5.41) is 3.56. The summed E-state index contributed by atoms with van der Waals surface area (Å²) < 4.78 is 13.2. The van der Waals surface area contributed by atoms with Crippen molar-refractivity contribution >= 4 is 34.8 Å². The number of carbonyl (C=O) groups is 1. The van der Waals surface area contributed by atoms with Crippen molar-refractivity contribution in [3.8, 4) is 0 Å². The Labute approximate surface area is 156 Å². The number of likely N-dealkylation sites (tertiary alicyclic amines) is 1. The minimum Gasteiger partial charge on any atom is -0.326 e. The van der Waals surface area contributed by atoms with Crippen molar-refractivity contribution in [3.63, 3.8) is 0 Å². The Balaban J connectivity index is 1.59. The van der Waals surface area contributed by atoms with Gasteiger partial charge in [-0.1, -0.05) is 35.3 Å². The molecule has 2 aromatic carbocycles. The van der Waals surface area contributed by atoms with E-state index >= 15 is 0 Å². The number of piperidine rings is 1. The van der Waals surface area contributed by atoms with Crippen molar-refractivity contribution in [2.45, 2.75) is 19.4 Å². The van der Waals surface area contributed by atoms with Gasteiger partial charge in [-0.25, -0.2) is 4.39 Å². The molecular weight excluding hydrogens is 362 g/mol. The number of carbonyl (C=O) groups excluding carboxylic acids is 1. The Bertz CT molecular complexity index is 752. The smallest absolute Gasteiger partial charge is 0.228 e. The largest absolute Gasteiger partial charge is 0.326 e. The molecule has 1 fully saturated rings. The summed E-state index contributed by atoms with van der Waals surface area (Å²) in [5.41, 5.74) is 1.70. The highest BCUT2D eigenvalue weighted by Crippen LogP contribution is 2.23. The Hall–Kier alpha value is -1.62. The van der Waals surface area contributed by atoms with E-state index in [-0.39, 0.29) is 16.8 Å². The zero-order valence-electron chi connectivity index (χ0n) is 13.6. The van der Waals surface area contributed by atoms with E-state index in [0.717, 1.165) is 31.0 Å². The molecule has 1 unspecified atom stereocenters. The molecule has 0 radical (unpaired) electrons. The lowest BCUT2D eigenvalue weighted by atomic mass is 9.96. The summed E-state index contributed by atoms with van der Waals surface area (Å²) in [4.78, 5) is 14.8. The van der Waals surface area contributed by atoms with Gasteiger partial charge in [-0.15, -0.1) is 0 Å². The summed E-state index contributed by atoms with van der Waals surface area (Å²) in [5.74, 6) is -0.639. The molecule has 1 atom stereocenters. The summed E-state index contributed by atoms with van der Waals surface area (Å²) in [6.45, 7) is 2.46. The quantitative estimate of drug-likeness (QED) is 0.810. The third-order valence-corrected chi connectivity index (χ3v) is 4.92. The topological polar surface area (TPSA) is 32.3 Å². The van der Waals surface area contributed by atoms with Gasteiger partial charge < -0.3 is 5.32 Å².